The molecule has 1 fully saturated rings. The van der Waals surface area contributed by atoms with E-state index in [0.29, 0.717) is 19.4 Å². The van der Waals surface area contributed by atoms with Crippen molar-refractivity contribution >= 4 is 44.5 Å². The molecule has 2 aromatic rings. The molecule has 13 heteroatoms. The predicted molar refractivity (Wildman–Crippen MR) is 140 cm³/mol. The molecular formula is C24H27N5O6S2. The Kier molecular flexibility index (Phi) is 8.46. The van der Waals surface area contributed by atoms with Crippen molar-refractivity contribution in [3.8, 4) is 11.5 Å². The fraction of sp³-hybridized carbons (Fsp3) is 0.333. The van der Waals surface area contributed by atoms with Crippen LogP contribution in [0.1, 0.15) is 30.9 Å². The van der Waals surface area contributed by atoms with Crippen LogP contribution in [0, 0.1) is 0 Å². The predicted octanol–water partition coefficient (Wildman–Crippen LogP) is 1.71. The Labute approximate surface area is 218 Å². The highest BCUT2D eigenvalue weighted by atomic mass is 32.2. The van der Waals surface area contributed by atoms with E-state index in [9.17, 15) is 18.0 Å². The number of nitrogens with zero attached hydrogens (tertiary/aromatic N) is 2. The number of carbonyl (C=O) groups is 2. The maximum absolute atomic E-state index is 12.6. The lowest BCUT2D eigenvalue weighted by molar-refractivity contribution is -0.125. The van der Waals surface area contributed by atoms with Gasteiger partial charge in [-0.15, -0.1) is 5.10 Å². The van der Waals surface area contributed by atoms with Crippen LogP contribution >= 0.6 is 11.8 Å². The van der Waals surface area contributed by atoms with Gasteiger partial charge in [0.25, 0.3) is 0 Å². The van der Waals surface area contributed by atoms with Gasteiger partial charge in [0.2, 0.25) is 28.6 Å². The minimum Gasteiger partial charge on any atom is -0.454 e. The molecule has 0 aliphatic carbocycles. The molecule has 4 rings (SSSR count). The number of amides is 2. The molecule has 196 valence electrons. The average Bonchev–Trinajstić information content (AvgIpc) is 3.33. The maximum Gasteiger partial charge on any atom is 0.238 e. The average molecular weight is 546 g/mol. The van der Waals surface area contributed by atoms with Gasteiger partial charge in [0, 0.05) is 18.7 Å². The lowest BCUT2D eigenvalue weighted by Gasteiger charge is -2.21. The molecule has 0 aromatic heterocycles. The van der Waals surface area contributed by atoms with Crippen LogP contribution in [-0.4, -0.2) is 49.7 Å². The Bertz CT molecular complexity index is 1340. The molecule has 37 heavy (non-hydrogen) atoms. The summed E-state index contributed by atoms with van der Waals surface area (Å²) >= 11 is 1.15. The molecule has 1 atom stereocenters. The van der Waals surface area contributed by atoms with Crippen molar-refractivity contribution in [3.63, 3.8) is 0 Å². The van der Waals surface area contributed by atoms with Crippen molar-refractivity contribution in [3.05, 3.63) is 53.6 Å². The summed E-state index contributed by atoms with van der Waals surface area (Å²) in [6.45, 7) is 2.41. The van der Waals surface area contributed by atoms with E-state index in [1.165, 1.54) is 12.1 Å². The quantitative estimate of drug-likeness (QED) is 0.319. The first kappa shape index (κ1) is 26.6. The summed E-state index contributed by atoms with van der Waals surface area (Å²) < 4.78 is 33.4. The first-order valence-electron chi connectivity index (χ1n) is 11.5. The van der Waals surface area contributed by atoms with Crippen molar-refractivity contribution in [2.75, 3.05) is 13.3 Å². The molecule has 2 aliphatic rings. The van der Waals surface area contributed by atoms with Gasteiger partial charge in [-0.25, -0.2) is 13.6 Å². The lowest BCUT2D eigenvalue weighted by atomic mass is 10.1. The normalized spacial score (nSPS) is 18.5. The zero-order chi connectivity index (χ0) is 26.4. The summed E-state index contributed by atoms with van der Waals surface area (Å²) in [5.74, 6) is 0.891. The Balaban J connectivity index is 1.26. The molecule has 0 spiro atoms. The number of nitrogens with one attached hydrogen (secondary N) is 2. The zero-order valence-corrected chi connectivity index (χ0v) is 21.7. The number of primary sulfonamides is 1. The van der Waals surface area contributed by atoms with E-state index in [0.717, 1.165) is 46.5 Å². The number of hydrogen-bond donors (Lipinski definition) is 3. The van der Waals surface area contributed by atoms with Crippen molar-refractivity contribution in [1.82, 2.24) is 10.6 Å². The summed E-state index contributed by atoms with van der Waals surface area (Å²) in [5, 5.41) is 18.6. The van der Waals surface area contributed by atoms with E-state index < -0.39 is 15.3 Å². The Morgan fingerprint density at radius 3 is 2.62 bits per heavy atom. The van der Waals surface area contributed by atoms with Gasteiger partial charge in [0.1, 0.15) is 0 Å². The van der Waals surface area contributed by atoms with Crippen molar-refractivity contribution < 1.29 is 27.5 Å². The number of aryl methyl sites for hydroxylation is 1. The van der Waals surface area contributed by atoms with Crippen LogP contribution in [0.25, 0.3) is 0 Å². The van der Waals surface area contributed by atoms with Gasteiger partial charge in [-0.2, -0.15) is 5.10 Å². The summed E-state index contributed by atoms with van der Waals surface area (Å²) in [6, 6.07) is 11.9. The van der Waals surface area contributed by atoms with Crippen LogP contribution in [0.2, 0.25) is 0 Å². The van der Waals surface area contributed by atoms with Crippen molar-refractivity contribution in [1.29, 1.82) is 0 Å². The molecule has 1 saturated heterocycles. The number of fused-ring (bicyclic) bond motifs is 1. The highest BCUT2D eigenvalue weighted by Gasteiger charge is 2.30. The minimum atomic E-state index is -3.75. The first-order valence-corrected chi connectivity index (χ1v) is 14.0. The third kappa shape index (κ3) is 7.54. The Morgan fingerprint density at radius 1 is 1.14 bits per heavy atom. The second-order valence-electron chi connectivity index (χ2n) is 8.52. The number of benzene rings is 2. The highest BCUT2D eigenvalue weighted by Crippen LogP contribution is 2.32. The molecular weight excluding hydrogens is 518 g/mol. The third-order valence-electron chi connectivity index (χ3n) is 5.65. The van der Waals surface area contributed by atoms with Crippen molar-refractivity contribution in [2.24, 2.45) is 15.3 Å². The smallest absolute Gasteiger partial charge is 0.238 e. The maximum atomic E-state index is 12.6. The molecule has 1 unspecified atom stereocenters. The number of sulfonamides is 1. The third-order valence-corrected chi connectivity index (χ3v) is 7.65. The van der Waals surface area contributed by atoms with Crippen LogP contribution in [0.4, 0.5) is 0 Å². The van der Waals surface area contributed by atoms with Crippen LogP contribution in [0.3, 0.4) is 0 Å². The van der Waals surface area contributed by atoms with E-state index in [2.05, 4.69) is 20.8 Å². The van der Waals surface area contributed by atoms with Crippen LogP contribution in [0.15, 0.2) is 57.6 Å². The Hall–Kier alpha value is -3.42. The standard InChI is InChI=1S/C24H27N5O6S2/c1-15(2-3-17-6-9-19-20(12-17)35-14-34-19)28-29-24-27-22(30)13-21(36-24)23(31)26-11-10-16-4-7-18(8-5-16)37(25,32)33/h4-9,12,21H,2-3,10-11,13-14H2,1H3,(H,26,31)(H2,25,32,33)(H,27,29,30)/b28-15-. The summed E-state index contributed by atoms with van der Waals surface area (Å²) in [6.07, 6.45) is 1.93. The Morgan fingerprint density at radius 2 is 1.86 bits per heavy atom. The largest absolute Gasteiger partial charge is 0.454 e. The molecule has 2 aliphatic heterocycles. The molecule has 0 saturated carbocycles. The number of amidine groups is 1. The summed E-state index contributed by atoms with van der Waals surface area (Å²) in [7, 11) is -3.75. The molecule has 0 bridgehead atoms. The van der Waals surface area contributed by atoms with Gasteiger partial charge >= 0.3 is 0 Å². The monoisotopic (exact) mass is 545 g/mol. The van der Waals surface area contributed by atoms with E-state index in [1.807, 2.05) is 25.1 Å². The second kappa shape index (κ2) is 11.8. The van der Waals surface area contributed by atoms with Gasteiger partial charge in [-0.05, 0) is 61.6 Å². The minimum absolute atomic E-state index is 0.0301. The molecule has 0 radical (unpaired) electrons. The fourth-order valence-corrected chi connectivity index (χ4v) is 5.10. The van der Waals surface area contributed by atoms with Gasteiger partial charge in [-0.1, -0.05) is 30.0 Å². The van der Waals surface area contributed by atoms with Crippen LogP contribution in [0.5, 0.6) is 11.5 Å². The van der Waals surface area contributed by atoms with Gasteiger partial charge in [0.15, 0.2) is 16.7 Å². The molecule has 11 nitrogen and oxygen atoms in total. The number of ether oxygens (including phenoxy) is 2. The molecule has 4 N–H and O–H groups in total. The highest BCUT2D eigenvalue weighted by molar-refractivity contribution is 8.15. The van der Waals surface area contributed by atoms with E-state index in [-0.39, 0.29) is 35.1 Å². The van der Waals surface area contributed by atoms with E-state index in [4.69, 9.17) is 14.6 Å². The van der Waals surface area contributed by atoms with Crippen LogP contribution < -0.4 is 25.2 Å². The second-order valence-corrected chi connectivity index (χ2v) is 11.3. The van der Waals surface area contributed by atoms with Gasteiger partial charge < -0.3 is 20.1 Å². The van der Waals surface area contributed by atoms with Crippen molar-refractivity contribution in [2.45, 2.75) is 42.8 Å². The van der Waals surface area contributed by atoms with E-state index >= 15 is 0 Å². The number of thioether (sulfide) groups is 1. The number of carbonyl (C=O) groups excluding carboxylic acids is 2. The SMILES string of the molecule is C/C(CCc1ccc2c(c1)OCO2)=N/N=C1/NC(=O)CC(C(=O)NCCc2ccc(S(N)(=O)=O)cc2)S1. The lowest BCUT2D eigenvalue weighted by Crippen LogP contribution is -2.44. The summed E-state index contributed by atoms with van der Waals surface area (Å²) in [5.41, 5.74) is 2.71. The summed E-state index contributed by atoms with van der Waals surface area (Å²) in [4.78, 5) is 24.8. The fourth-order valence-electron chi connectivity index (χ4n) is 3.63. The topological polar surface area (TPSA) is 162 Å². The van der Waals surface area contributed by atoms with Crippen LogP contribution in [-0.2, 0) is 32.5 Å². The van der Waals surface area contributed by atoms with Gasteiger partial charge in [0.05, 0.1) is 10.1 Å². The molecule has 2 aromatic carbocycles. The number of hydrogen-bond acceptors (Lipinski definition) is 9. The number of nitrogens with two attached hydrogens (primary N) is 1. The molecule has 2 amide bonds. The first-order chi connectivity index (χ1) is 17.7. The zero-order valence-electron chi connectivity index (χ0n) is 20.1. The number of rotatable bonds is 9. The van der Waals surface area contributed by atoms with Gasteiger partial charge in [-0.3, -0.25) is 9.59 Å². The van der Waals surface area contributed by atoms with E-state index in [1.54, 1.807) is 12.1 Å². The molecule has 2 heterocycles.